The van der Waals surface area contributed by atoms with Gasteiger partial charge in [0.2, 0.25) is 0 Å². The highest BCUT2D eigenvalue weighted by Gasteiger charge is 2.29. The van der Waals surface area contributed by atoms with Gasteiger partial charge in [-0.3, -0.25) is 0 Å². The summed E-state index contributed by atoms with van der Waals surface area (Å²) in [6, 6.07) is 0. The van der Waals surface area contributed by atoms with E-state index in [1.54, 1.807) is 0 Å². The molecular formula is C13H32N2O6P+3. The molecule has 0 heterocycles. The fourth-order valence-electron chi connectivity index (χ4n) is 2.04. The van der Waals surface area contributed by atoms with Crippen LogP contribution in [0.1, 0.15) is 0 Å². The molecule has 0 bridgehead atoms. The number of hydrogen-bond donors (Lipinski definition) is 3. The van der Waals surface area contributed by atoms with E-state index in [-0.39, 0.29) is 26.4 Å². The lowest BCUT2D eigenvalue weighted by Gasteiger charge is -2.36. The summed E-state index contributed by atoms with van der Waals surface area (Å²) in [6.45, 7) is 2.77. The molecule has 0 amide bonds. The molecule has 8 nitrogen and oxygen atoms in total. The van der Waals surface area contributed by atoms with Gasteiger partial charge in [-0.2, -0.15) is 0 Å². The Balaban J connectivity index is 4.17. The Bertz CT molecular complexity index is 294. The maximum atomic E-state index is 11.6. The summed E-state index contributed by atoms with van der Waals surface area (Å²) in [5.41, 5.74) is 0. The van der Waals surface area contributed by atoms with E-state index in [2.05, 4.69) is 0 Å². The van der Waals surface area contributed by atoms with Crippen molar-refractivity contribution < 1.29 is 37.9 Å². The zero-order chi connectivity index (χ0) is 17.1. The minimum atomic E-state index is -2.17. The summed E-state index contributed by atoms with van der Waals surface area (Å²) in [6.07, 6.45) is 0. The van der Waals surface area contributed by atoms with Gasteiger partial charge in [0, 0.05) is 4.57 Å². The Hall–Kier alpha value is -0.180. The van der Waals surface area contributed by atoms with E-state index in [9.17, 15) is 4.57 Å². The molecule has 0 spiro atoms. The molecule has 1 atom stereocenters. The van der Waals surface area contributed by atoms with Crippen LogP contribution in [0, 0.1) is 0 Å². The third-order valence-electron chi connectivity index (χ3n) is 3.44. The number of quaternary nitrogens is 2. The van der Waals surface area contributed by atoms with Crippen LogP contribution < -0.4 is 0 Å². The highest BCUT2D eigenvalue weighted by atomic mass is 31.1. The molecule has 0 aromatic rings. The third-order valence-corrected chi connectivity index (χ3v) is 4.23. The number of aliphatic hydroxyl groups excluding tert-OH is 3. The van der Waals surface area contributed by atoms with Gasteiger partial charge in [0.25, 0.3) is 0 Å². The van der Waals surface area contributed by atoms with Gasteiger partial charge in [0.1, 0.15) is 32.7 Å². The molecule has 0 aliphatic heterocycles. The van der Waals surface area contributed by atoms with Gasteiger partial charge in [0.15, 0.2) is 13.2 Å². The predicted molar refractivity (Wildman–Crippen MR) is 83.4 cm³/mol. The average Bonchev–Trinajstić information content (AvgIpc) is 2.38. The lowest BCUT2D eigenvalue weighted by atomic mass is 10.3. The summed E-state index contributed by atoms with van der Waals surface area (Å²) >= 11 is 0. The van der Waals surface area contributed by atoms with Crippen LogP contribution in [-0.2, 0) is 13.6 Å². The normalized spacial score (nSPS) is 13.5. The van der Waals surface area contributed by atoms with Crippen molar-refractivity contribution in [1.29, 1.82) is 0 Å². The fraction of sp³-hybridized carbons (Fsp3) is 1.00. The molecule has 0 rings (SSSR count). The van der Waals surface area contributed by atoms with E-state index >= 15 is 0 Å². The number of nitrogens with zero attached hydrogens (tertiary/aromatic N) is 2. The molecule has 0 fully saturated rings. The van der Waals surface area contributed by atoms with Crippen LogP contribution in [0.25, 0.3) is 0 Å². The minimum Gasteiger partial charge on any atom is -0.391 e. The fourth-order valence-corrected chi connectivity index (χ4v) is 2.58. The SMILES string of the molecule is C[N+](C)(C)CCO[P+](=O)OCC[N+](CCO)(CCO)CCO. The molecule has 0 aromatic heterocycles. The quantitative estimate of drug-likeness (QED) is 0.282. The smallest absolute Gasteiger partial charge is 0.391 e. The molecule has 0 saturated heterocycles. The van der Waals surface area contributed by atoms with Crippen LogP contribution in [0.3, 0.4) is 0 Å². The second-order valence-corrected chi connectivity index (χ2v) is 7.27. The summed E-state index contributed by atoms with van der Waals surface area (Å²) in [5.74, 6) is 0. The maximum Gasteiger partial charge on any atom is 0.697 e. The first-order valence-electron chi connectivity index (χ1n) is 7.50. The number of likely N-dealkylation sites (N-methyl/N-ethyl adjacent to an activating group) is 1. The second kappa shape index (κ2) is 11.4. The number of rotatable bonds is 14. The van der Waals surface area contributed by atoms with Crippen LogP contribution in [0.2, 0.25) is 0 Å². The van der Waals surface area contributed by atoms with Crippen molar-refractivity contribution >= 4 is 8.25 Å². The average molecular weight is 343 g/mol. The van der Waals surface area contributed by atoms with Crippen LogP contribution in [0.4, 0.5) is 0 Å². The summed E-state index contributed by atoms with van der Waals surface area (Å²) in [7, 11) is 3.88. The van der Waals surface area contributed by atoms with Crippen LogP contribution in [0.5, 0.6) is 0 Å². The molecular weight excluding hydrogens is 311 g/mol. The van der Waals surface area contributed by atoms with Crippen molar-refractivity contribution in [3.05, 3.63) is 0 Å². The molecule has 3 N–H and O–H groups in total. The highest BCUT2D eigenvalue weighted by molar-refractivity contribution is 7.33. The third kappa shape index (κ3) is 10.5. The molecule has 0 saturated carbocycles. The Morgan fingerprint density at radius 2 is 1.18 bits per heavy atom. The Kier molecular flexibility index (Phi) is 11.3. The first-order valence-corrected chi connectivity index (χ1v) is 8.59. The van der Waals surface area contributed by atoms with Gasteiger partial charge in [-0.05, 0) is 0 Å². The molecule has 1 unspecified atom stereocenters. The molecule has 0 aliphatic carbocycles. The molecule has 0 aliphatic rings. The monoisotopic (exact) mass is 343 g/mol. The lowest BCUT2D eigenvalue weighted by Crippen LogP contribution is -2.54. The van der Waals surface area contributed by atoms with Crippen molar-refractivity contribution in [2.75, 3.05) is 86.9 Å². The summed E-state index contributed by atoms with van der Waals surface area (Å²) in [4.78, 5) is 0. The highest BCUT2D eigenvalue weighted by Crippen LogP contribution is 2.23. The Labute approximate surface area is 134 Å². The zero-order valence-electron chi connectivity index (χ0n) is 14.0. The summed E-state index contributed by atoms with van der Waals surface area (Å²) in [5, 5.41) is 27.5. The number of hydrogen-bond acceptors (Lipinski definition) is 6. The minimum absolute atomic E-state index is 0.0495. The molecule has 0 aromatic carbocycles. The number of aliphatic hydroxyl groups is 3. The lowest BCUT2D eigenvalue weighted by molar-refractivity contribution is -0.928. The van der Waals surface area contributed by atoms with Gasteiger partial charge >= 0.3 is 8.25 Å². The second-order valence-electron chi connectivity index (χ2n) is 6.31. The van der Waals surface area contributed by atoms with Crippen molar-refractivity contribution in [3.8, 4) is 0 Å². The molecule has 132 valence electrons. The molecule has 0 radical (unpaired) electrons. The Morgan fingerprint density at radius 1 is 0.773 bits per heavy atom. The van der Waals surface area contributed by atoms with Gasteiger partial charge in [-0.15, -0.1) is 9.05 Å². The van der Waals surface area contributed by atoms with E-state index in [4.69, 9.17) is 24.4 Å². The predicted octanol–water partition coefficient (Wildman–Crippen LogP) is -0.823. The van der Waals surface area contributed by atoms with Crippen LogP contribution in [-0.4, -0.2) is 111 Å². The molecule has 9 heteroatoms. The van der Waals surface area contributed by atoms with E-state index in [1.165, 1.54) is 0 Å². The van der Waals surface area contributed by atoms with Crippen LogP contribution in [0.15, 0.2) is 0 Å². The first kappa shape index (κ1) is 21.8. The van der Waals surface area contributed by atoms with Gasteiger partial charge in [-0.1, -0.05) is 0 Å². The largest absolute Gasteiger partial charge is 0.697 e. The van der Waals surface area contributed by atoms with Crippen molar-refractivity contribution in [1.82, 2.24) is 0 Å². The van der Waals surface area contributed by atoms with Crippen molar-refractivity contribution in [2.45, 2.75) is 0 Å². The van der Waals surface area contributed by atoms with E-state index in [1.807, 2.05) is 21.1 Å². The summed E-state index contributed by atoms with van der Waals surface area (Å²) < 4.78 is 23.0. The first-order chi connectivity index (χ1) is 10.3. The Morgan fingerprint density at radius 3 is 1.55 bits per heavy atom. The van der Waals surface area contributed by atoms with Gasteiger partial charge < -0.3 is 24.3 Å². The van der Waals surface area contributed by atoms with Gasteiger partial charge in [0.05, 0.1) is 41.0 Å². The van der Waals surface area contributed by atoms with Gasteiger partial charge in [-0.25, -0.2) is 0 Å². The van der Waals surface area contributed by atoms with E-state index in [0.717, 1.165) is 6.54 Å². The standard InChI is InChI=1S/C13H32N2O6P/c1-14(2,3)7-12-20-22(19)21-13-8-15(4-9-16,5-10-17)6-11-18/h16-18H,4-13H2,1-3H3/q+3. The zero-order valence-corrected chi connectivity index (χ0v) is 14.9. The molecule has 22 heavy (non-hydrogen) atoms. The van der Waals surface area contributed by atoms with E-state index in [0.29, 0.717) is 41.8 Å². The van der Waals surface area contributed by atoms with Crippen LogP contribution >= 0.6 is 8.25 Å². The maximum absolute atomic E-state index is 11.6. The van der Waals surface area contributed by atoms with E-state index < -0.39 is 8.25 Å². The van der Waals surface area contributed by atoms with Crippen molar-refractivity contribution in [3.63, 3.8) is 0 Å². The topological polar surface area (TPSA) is 96.2 Å². The van der Waals surface area contributed by atoms with Crippen molar-refractivity contribution in [2.24, 2.45) is 0 Å².